The molecular weight excluding hydrogens is 262 g/mol. The molecule has 108 valence electrons. The molecule has 1 rings (SSSR count). The summed E-state index contributed by atoms with van der Waals surface area (Å²) in [6.45, 7) is 4.08. The number of methoxy groups -OCH3 is 1. The largest absolute Gasteiger partial charge is 0.382 e. The van der Waals surface area contributed by atoms with Crippen LogP contribution in [0.25, 0.3) is 0 Å². The predicted molar refractivity (Wildman–Crippen MR) is 80.1 cm³/mol. The maximum absolute atomic E-state index is 6.26. The van der Waals surface area contributed by atoms with Crippen molar-refractivity contribution in [1.29, 1.82) is 0 Å². The van der Waals surface area contributed by atoms with E-state index in [9.17, 15) is 0 Å². The van der Waals surface area contributed by atoms with Crippen molar-refractivity contribution in [2.45, 2.75) is 25.8 Å². The van der Waals surface area contributed by atoms with E-state index < -0.39 is 0 Å². The SMILES string of the molecule is CNC(CCOCCOC)Cc1ccc(C)cc1Cl. The molecule has 4 heteroatoms. The van der Waals surface area contributed by atoms with Gasteiger partial charge >= 0.3 is 0 Å². The lowest BCUT2D eigenvalue weighted by molar-refractivity contribution is 0.0661. The van der Waals surface area contributed by atoms with E-state index in [1.807, 2.05) is 13.1 Å². The van der Waals surface area contributed by atoms with Gasteiger partial charge in [0.05, 0.1) is 13.2 Å². The summed E-state index contributed by atoms with van der Waals surface area (Å²) in [6, 6.07) is 6.60. The summed E-state index contributed by atoms with van der Waals surface area (Å²) < 4.78 is 10.4. The number of likely N-dealkylation sites (N-methyl/N-ethyl adjacent to an activating group) is 1. The molecule has 1 aromatic carbocycles. The first-order valence-corrected chi connectivity index (χ1v) is 7.04. The fourth-order valence-corrected chi connectivity index (χ4v) is 2.21. The van der Waals surface area contributed by atoms with Gasteiger partial charge in [-0.15, -0.1) is 0 Å². The average Bonchev–Trinajstić information content (AvgIpc) is 2.39. The fraction of sp³-hybridized carbons (Fsp3) is 0.600. The van der Waals surface area contributed by atoms with E-state index in [4.69, 9.17) is 21.1 Å². The Hall–Kier alpha value is -0.610. The summed E-state index contributed by atoms with van der Waals surface area (Å²) in [6.07, 6.45) is 1.88. The van der Waals surface area contributed by atoms with Crippen LogP contribution in [0.15, 0.2) is 18.2 Å². The first-order valence-electron chi connectivity index (χ1n) is 6.66. The van der Waals surface area contributed by atoms with Crippen molar-refractivity contribution in [2.24, 2.45) is 0 Å². The van der Waals surface area contributed by atoms with Gasteiger partial charge in [-0.2, -0.15) is 0 Å². The Labute approximate surface area is 121 Å². The zero-order chi connectivity index (χ0) is 14.1. The lowest BCUT2D eigenvalue weighted by Crippen LogP contribution is -2.29. The molecule has 0 saturated heterocycles. The zero-order valence-corrected chi connectivity index (χ0v) is 12.8. The maximum Gasteiger partial charge on any atom is 0.0700 e. The highest BCUT2D eigenvalue weighted by Crippen LogP contribution is 2.19. The molecule has 0 aliphatic rings. The van der Waals surface area contributed by atoms with Gasteiger partial charge in [0.2, 0.25) is 0 Å². The smallest absolute Gasteiger partial charge is 0.0700 e. The molecule has 0 aliphatic heterocycles. The number of halogens is 1. The third-order valence-electron chi connectivity index (χ3n) is 3.13. The van der Waals surface area contributed by atoms with Crippen molar-refractivity contribution in [3.8, 4) is 0 Å². The highest BCUT2D eigenvalue weighted by molar-refractivity contribution is 6.31. The first kappa shape index (κ1) is 16.4. The van der Waals surface area contributed by atoms with Crippen LogP contribution in [-0.4, -0.2) is 40.0 Å². The summed E-state index contributed by atoms with van der Waals surface area (Å²) in [5.41, 5.74) is 2.38. The monoisotopic (exact) mass is 285 g/mol. The van der Waals surface area contributed by atoms with Crippen molar-refractivity contribution in [2.75, 3.05) is 34.0 Å². The van der Waals surface area contributed by atoms with Crippen LogP contribution in [0.2, 0.25) is 5.02 Å². The number of hydrogen-bond acceptors (Lipinski definition) is 3. The Kier molecular flexibility index (Phi) is 8.07. The molecule has 0 radical (unpaired) electrons. The highest BCUT2D eigenvalue weighted by Gasteiger charge is 2.10. The predicted octanol–water partition coefficient (Wildman–Crippen LogP) is 2.83. The van der Waals surface area contributed by atoms with Crippen LogP contribution >= 0.6 is 11.6 Å². The molecule has 3 nitrogen and oxygen atoms in total. The van der Waals surface area contributed by atoms with E-state index in [0.29, 0.717) is 19.3 Å². The van der Waals surface area contributed by atoms with Crippen LogP contribution in [0, 0.1) is 6.92 Å². The summed E-state index contributed by atoms with van der Waals surface area (Å²) >= 11 is 6.26. The van der Waals surface area contributed by atoms with Crippen molar-refractivity contribution in [1.82, 2.24) is 5.32 Å². The highest BCUT2D eigenvalue weighted by atomic mass is 35.5. The lowest BCUT2D eigenvalue weighted by atomic mass is 10.0. The van der Waals surface area contributed by atoms with Crippen LogP contribution < -0.4 is 5.32 Å². The minimum Gasteiger partial charge on any atom is -0.382 e. The molecule has 19 heavy (non-hydrogen) atoms. The third-order valence-corrected chi connectivity index (χ3v) is 3.48. The van der Waals surface area contributed by atoms with Crippen LogP contribution in [0.1, 0.15) is 17.5 Å². The Morgan fingerprint density at radius 3 is 2.68 bits per heavy atom. The number of nitrogens with one attached hydrogen (secondary N) is 1. The second-order valence-corrected chi connectivity index (χ2v) is 5.09. The van der Waals surface area contributed by atoms with E-state index in [2.05, 4.69) is 24.4 Å². The molecule has 1 aromatic rings. The normalized spacial score (nSPS) is 12.6. The minimum absolute atomic E-state index is 0.378. The molecule has 1 atom stereocenters. The average molecular weight is 286 g/mol. The number of benzene rings is 1. The van der Waals surface area contributed by atoms with Crippen LogP contribution in [0.4, 0.5) is 0 Å². The van der Waals surface area contributed by atoms with Gasteiger partial charge in [-0.1, -0.05) is 23.7 Å². The number of hydrogen-bond donors (Lipinski definition) is 1. The standard InChI is InChI=1S/C15H24ClNO2/c1-12-4-5-13(15(16)10-12)11-14(17-2)6-7-19-9-8-18-3/h4-5,10,14,17H,6-9,11H2,1-3H3. The fourth-order valence-electron chi connectivity index (χ4n) is 1.90. The van der Waals surface area contributed by atoms with Crippen LogP contribution in [0.5, 0.6) is 0 Å². The van der Waals surface area contributed by atoms with Gasteiger partial charge in [-0.05, 0) is 44.0 Å². The Morgan fingerprint density at radius 2 is 2.05 bits per heavy atom. The second-order valence-electron chi connectivity index (χ2n) is 4.68. The summed E-state index contributed by atoms with van der Waals surface area (Å²) in [4.78, 5) is 0. The number of aryl methyl sites for hydroxylation is 1. The summed E-state index contributed by atoms with van der Waals surface area (Å²) in [5.74, 6) is 0. The number of ether oxygens (including phenoxy) is 2. The molecular formula is C15H24ClNO2. The molecule has 0 spiro atoms. The number of rotatable bonds is 9. The molecule has 0 heterocycles. The van der Waals surface area contributed by atoms with Gasteiger partial charge in [-0.25, -0.2) is 0 Å². The molecule has 0 saturated carbocycles. The molecule has 0 aromatic heterocycles. The van der Waals surface area contributed by atoms with Crippen molar-refractivity contribution >= 4 is 11.6 Å². The molecule has 0 fully saturated rings. The Morgan fingerprint density at radius 1 is 1.26 bits per heavy atom. The van der Waals surface area contributed by atoms with Gasteiger partial charge in [0.15, 0.2) is 0 Å². The van der Waals surface area contributed by atoms with Gasteiger partial charge < -0.3 is 14.8 Å². The van der Waals surface area contributed by atoms with Crippen LogP contribution in [0.3, 0.4) is 0 Å². The second kappa shape index (κ2) is 9.32. The van der Waals surface area contributed by atoms with Crippen LogP contribution in [-0.2, 0) is 15.9 Å². The zero-order valence-electron chi connectivity index (χ0n) is 12.0. The van der Waals surface area contributed by atoms with Gasteiger partial charge in [0, 0.05) is 24.8 Å². The first-order chi connectivity index (χ1) is 9.17. The van der Waals surface area contributed by atoms with E-state index in [1.165, 1.54) is 11.1 Å². The summed E-state index contributed by atoms with van der Waals surface area (Å²) in [5, 5.41) is 4.16. The van der Waals surface area contributed by atoms with E-state index >= 15 is 0 Å². The Bertz CT molecular complexity index is 371. The van der Waals surface area contributed by atoms with E-state index in [-0.39, 0.29) is 0 Å². The van der Waals surface area contributed by atoms with E-state index in [0.717, 1.165) is 24.5 Å². The van der Waals surface area contributed by atoms with Crippen molar-refractivity contribution in [3.05, 3.63) is 34.3 Å². The van der Waals surface area contributed by atoms with Crippen molar-refractivity contribution in [3.63, 3.8) is 0 Å². The summed E-state index contributed by atoms with van der Waals surface area (Å²) in [7, 11) is 3.65. The molecule has 1 N–H and O–H groups in total. The molecule has 1 unspecified atom stereocenters. The quantitative estimate of drug-likeness (QED) is 0.708. The molecule has 0 amide bonds. The Balaban J connectivity index is 2.39. The molecule has 0 aliphatic carbocycles. The topological polar surface area (TPSA) is 30.5 Å². The molecule has 0 bridgehead atoms. The van der Waals surface area contributed by atoms with E-state index in [1.54, 1.807) is 7.11 Å². The third kappa shape index (κ3) is 6.39. The van der Waals surface area contributed by atoms with Gasteiger partial charge in [0.1, 0.15) is 0 Å². The maximum atomic E-state index is 6.26. The lowest BCUT2D eigenvalue weighted by Gasteiger charge is -2.17. The van der Waals surface area contributed by atoms with Crippen molar-refractivity contribution < 1.29 is 9.47 Å². The van der Waals surface area contributed by atoms with Gasteiger partial charge in [-0.3, -0.25) is 0 Å². The van der Waals surface area contributed by atoms with Gasteiger partial charge in [0.25, 0.3) is 0 Å². The minimum atomic E-state index is 0.378.